The average molecular weight is 417 g/mol. The second kappa shape index (κ2) is 7.69. The van der Waals surface area contributed by atoms with Crippen LogP contribution in [0.15, 0.2) is 83.5 Å². The zero-order chi connectivity index (χ0) is 19.6. The minimum atomic E-state index is -0.442. The maximum atomic E-state index is 13.6. The molecule has 29 heavy (non-hydrogen) atoms. The Hall–Kier alpha value is -3.16. The van der Waals surface area contributed by atoms with Gasteiger partial charge in [0.25, 0.3) is 0 Å². The van der Waals surface area contributed by atoms with Gasteiger partial charge >= 0.3 is 0 Å². The summed E-state index contributed by atoms with van der Waals surface area (Å²) < 4.78 is 0. The van der Waals surface area contributed by atoms with Crippen LogP contribution in [0.3, 0.4) is 0 Å². The van der Waals surface area contributed by atoms with Crippen molar-refractivity contribution in [3.63, 3.8) is 0 Å². The van der Waals surface area contributed by atoms with Crippen LogP contribution in [0.1, 0.15) is 21.2 Å². The number of ketones is 1. The molecule has 0 fully saturated rings. The number of thioether (sulfide) groups is 1. The summed E-state index contributed by atoms with van der Waals surface area (Å²) in [6.07, 6.45) is 1.79. The highest BCUT2D eigenvalue weighted by atomic mass is 32.2. The normalized spacial score (nSPS) is 12.3. The van der Waals surface area contributed by atoms with Gasteiger partial charge in [-0.05, 0) is 23.1 Å². The Morgan fingerprint density at radius 2 is 1.83 bits per heavy atom. The number of hydrogen-bond acceptors (Lipinski definition) is 5. The molecule has 3 heterocycles. The van der Waals surface area contributed by atoms with E-state index < -0.39 is 5.25 Å². The van der Waals surface area contributed by atoms with Gasteiger partial charge in [-0.2, -0.15) is 0 Å². The summed E-state index contributed by atoms with van der Waals surface area (Å²) in [5.74, 6) is 0.745. The van der Waals surface area contributed by atoms with Gasteiger partial charge in [-0.15, -0.1) is 16.4 Å². The van der Waals surface area contributed by atoms with Gasteiger partial charge in [0.15, 0.2) is 11.6 Å². The summed E-state index contributed by atoms with van der Waals surface area (Å²) in [6.45, 7) is 0. The van der Waals surface area contributed by atoms with E-state index in [-0.39, 0.29) is 5.78 Å². The van der Waals surface area contributed by atoms with Gasteiger partial charge in [0, 0.05) is 22.7 Å². The van der Waals surface area contributed by atoms with Crippen LogP contribution in [0.25, 0.3) is 21.6 Å². The molecule has 0 aliphatic rings. The summed E-state index contributed by atoms with van der Waals surface area (Å²) in [5, 5.41) is 10.3. The lowest BCUT2D eigenvalue weighted by Gasteiger charge is -2.14. The molecule has 142 valence electrons. The highest BCUT2D eigenvalue weighted by Gasteiger charge is 2.27. The van der Waals surface area contributed by atoms with Crippen molar-refractivity contribution in [3.8, 4) is 10.7 Å². The van der Waals surface area contributed by atoms with Crippen LogP contribution in [-0.2, 0) is 0 Å². The monoisotopic (exact) mass is 416 g/mol. The second-order valence-corrected chi connectivity index (χ2v) is 8.48. The van der Waals surface area contributed by atoms with Gasteiger partial charge in [0.05, 0.1) is 4.88 Å². The van der Waals surface area contributed by atoms with Gasteiger partial charge in [-0.1, -0.05) is 66.4 Å². The first kappa shape index (κ1) is 17.9. The number of hydrogen-bond donors (Lipinski definition) is 2. The summed E-state index contributed by atoms with van der Waals surface area (Å²) in [4.78, 5) is 22.4. The Bertz CT molecular complexity index is 1260. The van der Waals surface area contributed by atoms with Crippen molar-refractivity contribution in [2.75, 3.05) is 0 Å². The zero-order valence-corrected chi connectivity index (χ0v) is 16.8. The Balaban J connectivity index is 1.51. The number of carbonyl (C=O) groups excluding carboxylic acids is 1. The van der Waals surface area contributed by atoms with Crippen LogP contribution in [0.5, 0.6) is 0 Å². The molecule has 2 N–H and O–H groups in total. The van der Waals surface area contributed by atoms with Crippen LogP contribution in [-0.4, -0.2) is 25.9 Å². The van der Waals surface area contributed by atoms with Crippen molar-refractivity contribution in [1.82, 2.24) is 20.2 Å². The van der Waals surface area contributed by atoms with Crippen molar-refractivity contribution in [1.29, 1.82) is 0 Å². The largest absolute Gasteiger partial charge is 0.360 e. The number of aromatic nitrogens is 4. The number of benzene rings is 2. The maximum Gasteiger partial charge on any atom is 0.209 e. The van der Waals surface area contributed by atoms with Crippen LogP contribution in [0.2, 0.25) is 0 Å². The van der Waals surface area contributed by atoms with E-state index in [1.54, 1.807) is 17.5 Å². The molecule has 0 bridgehead atoms. The van der Waals surface area contributed by atoms with Crippen molar-refractivity contribution in [2.24, 2.45) is 0 Å². The van der Waals surface area contributed by atoms with E-state index in [0.29, 0.717) is 16.5 Å². The summed E-state index contributed by atoms with van der Waals surface area (Å²) in [6, 6.07) is 21.6. The van der Waals surface area contributed by atoms with E-state index in [1.807, 2.05) is 72.1 Å². The first-order valence-electron chi connectivity index (χ1n) is 9.08. The SMILES string of the molecule is O=C(c1c[nH]c2ccccc12)C(Sc1n[nH]c(-c2cccs2)n1)c1ccccc1. The Morgan fingerprint density at radius 1 is 1.00 bits per heavy atom. The van der Waals surface area contributed by atoms with E-state index in [4.69, 9.17) is 0 Å². The van der Waals surface area contributed by atoms with Gasteiger partial charge in [0.1, 0.15) is 5.25 Å². The molecule has 0 saturated heterocycles. The average Bonchev–Trinajstić information content (AvgIpc) is 3.52. The number of aromatic amines is 2. The fraction of sp³-hybridized carbons (Fsp3) is 0.0455. The van der Waals surface area contributed by atoms with Crippen molar-refractivity contribution < 1.29 is 4.79 Å². The van der Waals surface area contributed by atoms with Gasteiger partial charge in [0.2, 0.25) is 5.16 Å². The zero-order valence-electron chi connectivity index (χ0n) is 15.2. The molecule has 0 aliphatic carbocycles. The number of thiophene rings is 1. The van der Waals surface area contributed by atoms with Crippen LogP contribution in [0, 0.1) is 0 Å². The lowest BCUT2D eigenvalue weighted by molar-refractivity contribution is 0.0991. The summed E-state index contributed by atoms with van der Waals surface area (Å²) in [5.41, 5.74) is 2.55. The van der Waals surface area contributed by atoms with Gasteiger partial charge in [-0.3, -0.25) is 9.89 Å². The van der Waals surface area contributed by atoms with E-state index in [2.05, 4.69) is 20.2 Å². The molecule has 0 radical (unpaired) electrons. The van der Waals surface area contributed by atoms with E-state index >= 15 is 0 Å². The fourth-order valence-electron chi connectivity index (χ4n) is 3.25. The fourth-order valence-corrected chi connectivity index (χ4v) is 4.89. The minimum absolute atomic E-state index is 0.0288. The minimum Gasteiger partial charge on any atom is -0.360 e. The number of H-pyrrole nitrogens is 2. The number of Topliss-reactive ketones (excluding diaryl/α,β-unsaturated/α-hetero) is 1. The molecule has 1 atom stereocenters. The van der Waals surface area contributed by atoms with Gasteiger partial charge < -0.3 is 4.98 Å². The number of para-hydroxylation sites is 1. The van der Waals surface area contributed by atoms with E-state index in [1.165, 1.54) is 11.8 Å². The number of carbonyl (C=O) groups is 1. The molecule has 2 aromatic carbocycles. The van der Waals surface area contributed by atoms with E-state index in [0.717, 1.165) is 21.3 Å². The quantitative estimate of drug-likeness (QED) is 0.274. The molecule has 5 rings (SSSR count). The predicted molar refractivity (Wildman–Crippen MR) is 117 cm³/mol. The first-order chi connectivity index (χ1) is 14.3. The van der Waals surface area contributed by atoms with Crippen LogP contribution < -0.4 is 0 Å². The number of rotatable bonds is 6. The van der Waals surface area contributed by atoms with Crippen molar-refractivity contribution in [2.45, 2.75) is 10.4 Å². The highest BCUT2D eigenvalue weighted by Crippen LogP contribution is 2.38. The van der Waals surface area contributed by atoms with Crippen molar-refractivity contribution >= 4 is 39.8 Å². The Labute approximate surface area is 175 Å². The molecule has 0 aliphatic heterocycles. The lowest BCUT2D eigenvalue weighted by atomic mass is 10.0. The molecule has 5 nitrogen and oxygen atoms in total. The topological polar surface area (TPSA) is 74.4 Å². The molecular formula is C22H16N4OS2. The molecule has 0 amide bonds. The van der Waals surface area contributed by atoms with Crippen molar-refractivity contribution in [3.05, 3.63) is 89.4 Å². The van der Waals surface area contributed by atoms with Gasteiger partial charge in [-0.25, -0.2) is 4.98 Å². The number of nitrogens with one attached hydrogen (secondary N) is 2. The molecular weight excluding hydrogens is 400 g/mol. The van der Waals surface area contributed by atoms with Crippen LogP contribution >= 0.6 is 23.1 Å². The number of nitrogens with zero attached hydrogens (tertiary/aromatic N) is 2. The Morgan fingerprint density at radius 3 is 2.66 bits per heavy atom. The molecule has 3 aromatic heterocycles. The van der Waals surface area contributed by atoms with E-state index in [9.17, 15) is 4.79 Å². The van der Waals surface area contributed by atoms with Crippen LogP contribution in [0.4, 0.5) is 0 Å². The highest BCUT2D eigenvalue weighted by molar-refractivity contribution is 8.00. The second-order valence-electron chi connectivity index (χ2n) is 6.46. The molecule has 7 heteroatoms. The lowest BCUT2D eigenvalue weighted by Crippen LogP contribution is -2.10. The molecule has 1 unspecified atom stereocenters. The Kier molecular flexibility index (Phi) is 4.75. The first-order valence-corrected chi connectivity index (χ1v) is 10.8. The predicted octanol–water partition coefficient (Wildman–Crippen LogP) is 5.73. The maximum absolute atomic E-state index is 13.6. The molecule has 0 saturated carbocycles. The third-order valence-electron chi connectivity index (χ3n) is 4.64. The molecule has 5 aromatic rings. The summed E-state index contributed by atoms with van der Waals surface area (Å²) in [7, 11) is 0. The number of fused-ring (bicyclic) bond motifs is 1. The third-order valence-corrected chi connectivity index (χ3v) is 6.63. The smallest absolute Gasteiger partial charge is 0.209 e. The summed E-state index contributed by atoms with van der Waals surface area (Å²) >= 11 is 2.96. The standard InChI is InChI=1S/C22H16N4OS2/c27-19(16-13-23-17-10-5-4-9-15(16)17)20(14-7-2-1-3-8-14)29-22-24-21(25-26-22)18-11-6-12-28-18/h1-13,20,23H,(H,24,25,26). The molecule has 0 spiro atoms. The third kappa shape index (κ3) is 3.50.